The summed E-state index contributed by atoms with van der Waals surface area (Å²) in [6.07, 6.45) is 10.5. The molecule has 1 aliphatic carbocycles. The van der Waals surface area contributed by atoms with Gasteiger partial charge in [-0.2, -0.15) is 11.8 Å². The Morgan fingerprint density at radius 3 is 2.45 bits per heavy atom. The summed E-state index contributed by atoms with van der Waals surface area (Å²) in [5.74, 6) is -0.294. The van der Waals surface area contributed by atoms with Crippen LogP contribution in [0.5, 0.6) is 0 Å². The number of carboxylic acid groups (broad SMARTS) is 1. The third-order valence-corrected chi connectivity index (χ3v) is 8.30. The Balaban J connectivity index is 0.00000560. The number of hydrogen-bond donors (Lipinski definition) is 1. The van der Waals surface area contributed by atoms with Gasteiger partial charge in [0.05, 0.1) is 12.0 Å². The molecule has 0 unspecified atom stereocenters. The zero-order chi connectivity index (χ0) is 28.2. The summed E-state index contributed by atoms with van der Waals surface area (Å²) < 4.78 is 0. The predicted octanol–water partition coefficient (Wildman–Crippen LogP) is 2.02. The fourth-order valence-electron chi connectivity index (χ4n) is 5.40. The average Bonchev–Trinajstić information content (AvgIpc) is 2.93. The molecule has 8 heteroatoms. The van der Waals surface area contributed by atoms with Crippen LogP contribution in [-0.2, 0) is 16.0 Å². The summed E-state index contributed by atoms with van der Waals surface area (Å²) >= 11 is 1.53. The monoisotopic (exact) mass is 558 g/mol. The molecule has 0 heterocycles. The Bertz CT molecular complexity index is 1120. The molecule has 0 bridgehead atoms. The molecule has 0 saturated heterocycles. The number of amides is 2. The van der Waals surface area contributed by atoms with E-state index < -0.39 is 17.9 Å². The zero-order valence-electron chi connectivity index (χ0n) is 24.7. The Morgan fingerprint density at radius 2 is 1.80 bits per heavy atom. The summed E-state index contributed by atoms with van der Waals surface area (Å²) in [6.45, 7) is 5.52. The van der Waals surface area contributed by atoms with E-state index in [1.807, 2.05) is 61.4 Å². The first-order chi connectivity index (χ1) is 18.8. The second-order valence-corrected chi connectivity index (χ2v) is 11.7. The topological polar surface area (TPSA) is 89.5 Å². The van der Waals surface area contributed by atoms with Crippen molar-refractivity contribution in [3.05, 3.63) is 59.2 Å². The van der Waals surface area contributed by atoms with Gasteiger partial charge in [0, 0.05) is 25.1 Å². The van der Waals surface area contributed by atoms with Crippen LogP contribution >= 0.6 is 11.8 Å². The molecular formula is C32H43LiN2O4S. The van der Waals surface area contributed by atoms with Gasteiger partial charge in [0.15, 0.2) is 0 Å². The number of hydrogen-bond acceptors (Lipinski definition) is 5. The molecule has 6 nitrogen and oxygen atoms in total. The van der Waals surface area contributed by atoms with Crippen LogP contribution in [0.3, 0.4) is 0 Å². The van der Waals surface area contributed by atoms with Gasteiger partial charge in [-0.15, -0.1) is 0 Å². The number of aliphatic carboxylic acids is 1. The van der Waals surface area contributed by atoms with Crippen LogP contribution < -0.4 is 29.3 Å². The second-order valence-electron chi connectivity index (χ2n) is 10.7. The third kappa shape index (κ3) is 10.0. The zero-order valence-corrected chi connectivity index (χ0v) is 25.5. The van der Waals surface area contributed by atoms with E-state index in [0.29, 0.717) is 43.0 Å². The fraction of sp³-hybridized carbons (Fsp3) is 0.531. The number of rotatable bonds is 14. The van der Waals surface area contributed by atoms with Crippen LogP contribution in [0.15, 0.2) is 42.5 Å². The molecule has 40 heavy (non-hydrogen) atoms. The Hall–Kier alpha value is -2.20. The van der Waals surface area contributed by atoms with Gasteiger partial charge in [-0.1, -0.05) is 62.6 Å². The van der Waals surface area contributed by atoms with Gasteiger partial charge in [0.25, 0.3) is 5.91 Å². The van der Waals surface area contributed by atoms with E-state index in [1.165, 1.54) is 43.9 Å². The van der Waals surface area contributed by atoms with E-state index >= 15 is 0 Å². The fourth-order valence-corrected chi connectivity index (χ4v) is 5.87. The van der Waals surface area contributed by atoms with E-state index in [0.717, 1.165) is 35.2 Å². The first-order valence-electron chi connectivity index (χ1n) is 14.3. The number of carbonyl (C=O) groups is 3. The molecule has 0 aromatic heterocycles. The molecule has 3 rings (SSSR count). The average molecular weight is 559 g/mol. The van der Waals surface area contributed by atoms with Crippen LogP contribution in [0.1, 0.15) is 79.8 Å². The standard InChI is InChI=1S/C32H44N2O4S.Li/c1-4-10-30(35)34(22-25-12-6-5-7-13-25)19-17-24-15-16-27(28(21-24)26-14-9-8-11-23(26)2)31(36)33-29(32(37)38)18-20-39-3;/h8-9,11,14-16,21,25,29H,4-7,10,12-13,17-20,22H2,1-3H3,(H,33,36)(H,37,38);/q;+1/p-1/t29-;/m0./s1. The van der Waals surface area contributed by atoms with E-state index in [1.54, 1.807) is 6.07 Å². The van der Waals surface area contributed by atoms with Crippen LogP contribution in [0.25, 0.3) is 11.1 Å². The van der Waals surface area contributed by atoms with Crippen LogP contribution in [0.2, 0.25) is 0 Å². The van der Waals surface area contributed by atoms with Crippen molar-refractivity contribution in [2.45, 2.75) is 77.7 Å². The number of carbonyl (C=O) groups excluding carboxylic acids is 3. The summed E-state index contributed by atoms with van der Waals surface area (Å²) in [5, 5.41) is 14.3. The van der Waals surface area contributed by atoms with Crippen molar-refractivity contribution in [2.24, 2.45) is 5.92 Å². The summed E-state index contributed by atoms with van der Waals surface area (Å²) in [4.78, 5) is 40.0. The molecule has 2 aromatic carbocycles. The van der Waals surface area contributed by atoms with Gasteiger partial charge in [0.1, 0.15) is 0 Å². The largest absolute Gasteiger partial charge is 1.00 e. The molecule has 1 aliphatic rings. The second kappa shape index (κ2) is 17.6. The molecule has 0 radical (unpaired) electrons. The minimum atomic E-state index is -1.28. The maximum atomic E-state index is 13.3. The van der Waals surface area contributed by atoms with Crippen molar-refractivity contribution in [1.29, 1.82) is 0 Å². The molecule has 1 N–H and O–H groups in total. The number of carboxylic acids is 1. The molecule has 0 aliphatic heterocycles. The number of nitrogens with zero attached hydrogens (tertiary/aromatic N) is 1. The minimum Gasteiger partial charge on any atom is -0.548 e. The molecule has 1 fully saturated rings. The molecule has 1 atom stereocenters. The van der Waals surface area contributed by atoms with Crippen molar-refractivity contribution in [1.82, 2.24) is 10.2 Å². The van der Waals surface area contributed by atoms with Crippen LogP contribution in [0, 0.1) is 12.8 Å². The molecular weight excluding hydrogens is 515 g/mol. The molecule has 1 saturated carbocycles. The van der Waals surface area contributed by atoms with Crippen molar-refractivity contribution in [2.75, 3.05) is 25.1 Å². The van der Waals surface area contributed by atoms with E-state index in [-0.39, 0.29) is 24.8 Å². The molecule has 2 amide bonds. The van der Waals surface area contributed by atoms with Gasteiger partial charge in [0.2, 0.25) is 5.91 Å². The van der Waals surface area contributed by atoms with Crippen molar-refractivity contribution >= 4 is 29.5 Å². The van der Waals surface area contributed by atoms with Gasteiger partial charge in [-0.3, -0.25) is 9.59 Å². The van der Waals surface area contributed by atoms with Gasteiger partial charge >= 0.3 is 18.9 Å². The van der Waals surface area contributed by atoms with Crippen LogP contribution in [-0.4, -0.2) is 53.8 Å². The van der Waals surface area contributed by atoms with E-state index in [9.17, 15) is 19.5 Å². The van der Waals surface area contributed by atoms with E-state index in [4.69, 9.17) is 0 Å². The van der Waals surface area contributed by atoms with Gasteiger partial charge < -0.3 is 20.1 Å². The first-order valence-corrected chi connectivity index (χ1v) is 15.7. The van der Waals surface area contributed by atoms with Gasteiger partial charge in [-0.05, 0) is 85.3 Å². The molecule has 2 aromatic rings. The number of aryl methyl sites for hydroxylation is 1. The normalized spacial score (nSPS) is 14.2. The summed E-state index contributed by atoms with van der Waals surface area (Å²) in [5.41, 5.74) is 4.20. The Labute approximate surface area is 256 Å². The number of benzene rings is 2. The Kier molecular flexibility index (Phi) is 14.9. The maximum Gasteiger partial charge on any atom is 1.00 e. The smallest absolute Gasteiger partial charge is 0.548 e. The SMILES string of the molecule is CCCC(=O)N(CCc1ccc(C(=O)N[C@@H](CCSC)C(=O)[O-])c(-c2ccccc2C)c1)CC1CCCCC1.[Li+]. The summed E-state index contributed by atoms with van der Waals surface area (Å²) in [6, 6.07) is 12.6. The maximum absolute atomic E-state index is 13.3. The molecule has 212 valence electrons. The van der Waals surface area contributed by atoms with Gasteiger partial charge in [-0.25, -0.2) is 0 Å². The quantitative estimate of drug-likeness (QED) is 0.359. The van der Waals surface area contributed by atoms with Crippen LogP contribution in [0.4, 0.5) is 0 Å². The van der Waals surface area contributed by atoms with Crippen molar-refractivity contribution in [3.8, 4) is 11.1 Å². The van der Waals surface area contributed by atoms with E-state index in [2.05, 4.69) is 5.32 Å². The van der Waals surface area contributed by atoms with Crippen molar-refractivity contribution in [3.63, 3.8) is 0 Å². The minimum absolute atomic E-state index is 0. The predicted molar refractivity (Wildman–Crippen MR) is 158 cm³/mol. The summed E-state index contributed by atoms with van der Waals surface area (Å²) in [7, 11) is 0. The Morgan fingerprint density at radius 1 is 1.07 bits per heavy atom. The molecule has 0 spiro atoms. The third-order valence-electron chi connectivity index (χ3n) is 7.65. The number of nitrogens with one attached hydrogen (secondary N) is 1. The first kappa shape index (κ1) is 34.0. The number of thioether (sulfide) groups is 1. The van der Waals surface area contributed by atoms with Crippen molar-refractivity contribution < 1.29 is 38.4 Å².